The third-order valence-electron chi connectivity index (χ3n) is 4.55. The second kappa shape index (κ2) is 5.65. The number of isocyanates is 1. The Bertz CT molecular complexity index is 572. The summed E-state index contributed by atoms with van der Waals surface area (Å²) in [7, 11) is 1.71. The van der Waals surface area contributed by atoms with Gasteiger partial charge in [-0.05, 0) is 54.0 Å². The first-order valence-corrected chi connectivity index (χ1v) is 7.63. The molecule has 1 aromatic carbocycles. The van der Waals surface area contributed by atoms with Crippen molar-refractivity contribution < 1.29 is 9.53 Å². The highest BCUT2D eigenvalue weighted by Gasteiger charge is 2.38. The minimum absolute atomic E-state index is 0.0154. The SMILES string of the molecule is COc1cc(C)c(C2(N=C=O)CCCC2)cc1C(C)(C)C. The van der Waals surface area contributed by atoms with E-state index in [0.717, 1.165) is 48.1 Å². The molecular formula is C18H25NO2. The first-order chi connectivity index (χ1) is 9.84. The van der Waals surface area contributed by atoms with Gasteiger partial charge in [0.15, 0.2) is 0 Å². The lowest BCUT2D eigenvalue weighted by atomic mass is 9.79. The molecule has 0 bridgehead atoms. The fourth-order valence-corrected chi connectivity index (χ4v) is 3.43. The van der Waals surface area contributed by atoms with Gasteiger partial charge in [-0.3, -0.25) is 0 Å². The maximum atomic E-state index is 10.9. The maximum Gasteiger partial charge on any atom is 0.235 e. The average Bonchev–Trinajstić information content (AvgIpc) is 2.86. The van der Waals surface area contributed by atoms with Crippen LogP contribution in [-0.2, 0) is 15.7 Å². The zero-order chi connectivity index (χ0) is 15.7. The van der Waals surface area contributed by atoms with E-state index in [1.54, 1.807) is 13.2 Å². The number of aryl methyl sites for hydroxylation is 1. The summed E-state index contributed by atoms with van der Waals surface area (Å²) in [6.07, 6.45) is 5.89. The molecule has 3 nitrogen and oxygen atoms in total. The van der Waals surface area contributed by atoms with E-state index in [2.05, 4.69) is 44.8 Å². The first kappa shape index (κ1) is 15.8. The van der Waals surface area contributed by atoms with E-state index in [4.69, 9.17) is 4.74 Å². The third-order valence-corrected chi connectivity index (χ3v) is 4.55. The molecule has 1 aliphatic carbocycles. The Morgan fingerprint density at radius 2 is 1.86 bits per heavy atom. The van der Waals surface area contributed by atoms with Gasteiger partial charge in [0.25, 0.3) is 0 Å². The quantitative estimate of drug-likeness (QED) is 0.610. The van der Waals surface area contributed by atoms with E-state index in [-0.39, 0.29) is 11.0 Å². The summed E-state index contributed by atoms with van der Waals surface area (Å²) in [5.74, 6) is 0.909. The van der Waals surface area contributed by atoms with Crippen LogP contribution in [0.3, 0.4) is 0 Å². The lowest BCUT2D eigenvalue weighted by Crippen LogP contribution is -2.23. The molecule has 0 unspecified atom stereocenters. The number of methoxy groups -OCH3 is 1. The number of aliphatic imine (C=N–C) groups is 1. The van der Waals surface area contributed by atoms with Crippen LogP contribution < -0.4 is 4.74 Å². The van der Waals surface area contributed by atoms with Crippen LogP contribution in [-0.4, -0.2) is 13.2 Å². The van der Waals surface area contributed by atoms with E-state index in [0.29, 0.717) is 0 Å². The molecule has 0 spiro atoms. The molecule has 21 heavy (non-hydrogen) atoms. The summed E-state index contributed by atoms with van der Waals surface area (Å²) in [6, 6.07) is 4.27. The fraction of sp³-hybridized carbons (Fsp3) is 0.611. The lowest BCUT2D eigenvalue weighted by molar-refractivity contribution is 0.394. The third kappa shape index (κ3) is 2.89. The van der Waals surface area contributed by atoms with Gasteiger partial charge in [-0.1, -0.05) is 33.6 Å². The van der Waals surface area contributed by atoms with Crippen LogP contribution >= 0.6 is 0 Å². The van der Waals surface area contributed by atoms with Crippen LogP contribution in [0.2, 0.25) is 0 Å². The number of hydrogen-bond acceptors (Lipinski definition) is 3. The van der Waals surface area contributed by atoms with Crippen LogP contribution in [0.1, 0.15) is 63.1 Å². The number of carbonyl (C=O) groups excluding carboxylic acids is 1. The molecule has 0 amide bonds. The van der Waals surface area contributed by atoms with E-state index in [9.17, 15) is 4.79 Å². The second-order valence-corrected chi connectivity index (χ2v) is 7.06. The highest BCUT2D eigenvalue weighted by atomic mass is 16.5. The molecule has 0 saturated heterocycles. The largest absolute Gasteiger partial charge is 0.496 e. The summed E-state index contributed by atoms with van der Waals surface area (Å²) >= 11 is 0. The van der Waals surface area contributed by atoms with Crippen molar-refractivity contribution in [2.24, 2.45) is 4.99 Å². The van der Waals surface area contributed by atoms with Crippen LogP contribution in [0.25, 0.3) is 0 Å². The molecule has 0 heterocycles. The Morgan fingerprint density at radius 1 is 1.24 bits per heavy atom. The average molecular weight is 287 g/mol. The summed E-state index contributed by atoms with van der Waals surface area (Å²) in [4.78, 5) is 15.2. The Kier molecular flexibility index (Phi) is 4.25. The molecule has 2 rings (SSSR count). The van der Waals surface area contributed by atoms with Gasteiger partial charge in [0.1, 0.15) is 5.75 Å². The number of nitrogens with zero attached hydrogens (tertiary/aromatic N) is 1. The molecule has 0 radical (unpaired) electrons. The molecule has 0 aromatic heterocycles. The highest BCUT2D eigenvalue weighted by Crippen LogP contribution is 2.46. The van der Waals surface area contributed by atoms with Crippen molar-refractivity contribution in [1.82, 2.24) is 0 Å². The zero-order valence-corrected chi connectivity index (χ0v) is 13.7. The molecule has 1 aliphatic rings. The van der Waals surface area contributed by atoms with Crippen LogP contribution in [0.15, 0.2) is 17.1 Å². The van der Waals surface area contributed by atoms with Crippen molar-refractivity contribution in [3.63, 3.8) is 0 Å². The molecule has 3 heteroatoms. The van der Waals surface area contributed by atoms with Gasteiger partial charge in [-0.2, -0.15) is 4.99 Å². The van der Waals surface area contributed by atoms with Crippen molar-refractivity contribution in [3.05, 3.63) is 28.8 Å². The number of hydrogen-bond donors (Lipinski definition) is 0. The van der Waals surface area contributed by atoms with Crippen molar-refractivity contribution in [1.29, 1.82) is 0 Å². The van der Waals surface area contributed by atoms with Gasteiger partial charge in [0, 0.05) is 0 Å². The Morgan fingerprint density at radius 3 is 2.33 bits per heavy atom. The maximum absolute atomic E-state index is 10.9. The Hall–Kier alpha value is -1.60. The predicted molar refractivity (Wildman–Crippen MR) is 84.7 cm³/mol. The minimum Gasteiger partial charge on any atom is -0.496 e. The molecule has 0 atom stereocenters. The van der Waals surface area contributed by atoms with E-state index in [1.807, 2.05) is 0 Å². The minimum atomic E-state index is -0.377. The summed E-state index contributed by atoms with van der Waals surface area (Å²) < 4.78 is 5.56. The Balaban J connectivity index is 2.66. The van der Waals surface area contributed by atoms with E-state index >= 15 is 0 Å². The van der Waals surface area contributed by atoms with Gasteiger partial charge in [0.05, 0.1) is 12.6 Å². The highest BCUT2D eigenvalue weighted by molar-refractivity contribution is 5.50. The van der Waals surface area contributed by atoms with Gasteiger partial charge < -0.3 is 4.74 Å². The second-order valence-electron chi connectivity index (χ2n) is 7.06. The van der Waals surface area contributed by atoms with E-state index in [1.165, 1.54) is 0 Å². The number of ether oxygens (including phenoxy) is 1. The summed E-state index contributed by atoms with van der Waals surface area (Å²) in [5, 5.41) is 0. The number of benzene rings is 1. The molecule has 0 N–H and O–H groups in total. The van der Waals surface area contributed by atoms with Crippen LogP contribution in [0.5, 0.6) is 5.75 Å². The summed E-state index contributed by atoms with van der Waals surface area (Å²) in [5.41, 5.74) is 3.07. The predicted octanol–water partition coefficient (Wildman–Crippen LogP) is 4.41. The van der Waals surface area contributed by atoms with Gasteiger partial charge in [-0.25, -0.2) is 4.79 Å². The fourth-order valence-electron chi connectivity index (χ4n) is 3.43. The summed E-state index contributed by atoms with van der Waals surface area (Å²) in [6.45, 7) is 8.60. The lowest BCUT2D eigenvalue weighted by Gasteiger charge is -2.29. The first-order valence-electron chi connectivity index (χ1n) is 7.63. The van der Waals surface area contributed by atoms with Crippen LogP contribution in [0, 0.1) is 6.92 Å². The zero-order valence-electron chi connectivity index (χ0n) is 13.7. The monoisotopic (exact) mass is 287 g/mol. The van der Waals surface area contributed by atoms with Gasteiger partial charge in [0.2, 0.25) is 6.08 Å². The van der Waals surface area contributed by atoms with E-state index < -0.39 is 0 Å². The van der Waals surface area contributed by atoms with Crippen molar-refractivity contribution in [2.75, 3.05) is 7.11 Å². The van der Waals surface area contributed by atoms with Gasteiger partial charge in [-0.15, -0.1) is 0 Å². The van der Waals surface area contributed by atoms with Crippen molar-refractivity contribution in [3.8, 4) is 5.75 Å². The normalized spacial score (nSPS) is 17.4. The molecule has 1 fully saturated rings. The van der Waals surface area contributed by atoms with Crippen LogP contribution in [0.4, 0.5) is 0 Å². The molecular weight excluding hydrogens is 262 g/mol. The topological polar surface area (TPSA) is 38.7 Å². The molecule has 1 aromatic rings. The van der Waals surface area contributed by atoms with Crippen molar-refractivity contribution in [2.45, 2.75) is 64.3 Å². The van der Waals surface area contributed by atoms with Gasteiger partial charge >= 0.3 is 0 Å². The molecule has 1 saturated carbocycles. The number of rotatable bonds is 3. The standard InChI is InChI=1S/C18H25NO2/c1-13-10-16(21-5)15(17(2,3)4)11-14(13)18(19-12-20)8-6-7-9-18/h10-11H,6-9H2,1-5H3. The Labute approximate surface area is 127 Å². The molecule has 0 aliphatic heterocycles. The molecule has 114 valence electrons. The smallest absolute Gasteiger partial charge is 0.235 e. The van der Waals surface area contributed by atoms with Crippen molar-refractivity contribution >= 4 is 6.08 Å².